The molecule has 0 aliphatic carbocycles. The Balaban J connectivity index is 1.86. The first kappa shape index (κ1) is 16.9. The Morgan fingerprint density at radius 2 is 1.88 bits per heavy atom. The zero-order chi connectivity index (χ0) is 17.1. The molecule has 0 fully saturated rings. The zero-order valence-electron chi connectivity index (χ0n) is 14.4. The Hall–Kier alpha value is -1.94. The molecule has 0 radical (unpaired) electrons. The van der Waals surface area contributed by atoms with Crippen molar-refractivity contribution in [2.45, 2.75) is 43.4 Å². The predicted octanol–water partition coefficient (Wildman–Crippen LogP) is 5.00. The van der Waals surface area contributed by atoms with Crippen LogP contribution in [-0.2, 0) is 0 Å². The molecule has 0 spiro atoms. The largest absolute Gasteiger partial charge is 0.491 e. The van der Waals surface area contributed by atoms with E-state index >= 15 is 0 Å². The summed E-state index contributed by atoms with van der Waals surface area (Å²) < 4.78 is 5.66. The summed E-state index contributed by atoms with van der Waals surface area (Å²) in [7, 11) is 0. The smallest absolute Gasteiger partial charge is 0.258 e. The van der Waals surface area contributed by atoms with Crippen LogP contribution in [0.2, 0.25) is 0 Å². The number of carbonyl (C=O) groups is 1. The minimum absolute atomic E-state index is 0.0493. The molecule has 1 aliphatic rings. The van der Waals surface area contributed by atoms with Crippen LogP contribution in [0.4, 0.5) is 5.69 Å². The zero-order valence-corrected chi connectivity index (χ0v) is 15.2. The van der Waals surface area contributed by atoms with Crippen molar-refractivity contribution in [2.24, 2.45) is 0 Å². The van der Waals surface area contributed by atoms with Crippen molar-refractivity contribution in [1.29, 1.82) is 0 Å². The topological polar surface area (TPSA) is 29.5 Å². The summed E-state index contributed by atoms with van der Waals surface area (Å²) >= 11 is 1.84. The Kier molecular flexibility index (Phi) is 5.14. The van der Waals surface area contributed by atoms with Gasteiger partial charge >= 0.3 is 0 Å². The van der Waals surface area contributed by atoms with E-state index in [-0.39, 0.29) is 12.0 Å². The summed E-state index contributed by atoms with van der Waals surface area (Å²) in [6, 6.07) is 15.6. The van der Waals surface area contributed by atoms with E-state index in [0.717, 1.165) is 24.4 Å². The second-order valence-electron chi connectivity index (χ2n) is 6.33. The molecular weight excluding hydrogens is 318 g/mol. The molecule has 0 aromatic heterocycles. The first-order valence-corrected chi connectivity index (χ1v) is 9.27. The lowest BCUT2D eigenvalue weighted by Crippen LogP contribution is -2.32. The molecule has 24 heavy (non-hydrogen) atoms. The standard InChI is InChI=1S/C20H23NO2S/c1-14(2)23-17-10-8-16(9-11-17)20(22)21-13-12-15(3)24-19-7-5-4-6-18(19)21/h4-11,14-15H,12-13H2,1-3H3/t15-/m1/s1. The number of thioether (sulfide) groups is 1. The molecule has 0 N–H and O–H groups in total. The number of amides is 1. The minimum atomic E-state index is 0.0493. The van der Waals surface area contributed by atoms with E-state index in [0.29, 0.717) is 10.8 Å². The fraction of sp³-hybridized carbons (Fsp3) is 0.350. The highest BCUT2D eigenvalue weighted by Gasteiger charge is 2.24. The summed E-state index contributed by atoms with van der Waals surface area (Å²) in [5.74, 6) is 0.843. The molecule has 0 saturated heterocycles. The van der Waals surface area contributed by atoms with Crippen molar-refractivity contribution in [3.63, 3.8) is 0 Å². The maximum atomic E-state index is 13.0. The van der Waals surface area contributed by atoms with Gasteiger partial charge < -0.3 is 9.64 Å². The highest BCUT2D eigenvalue weighted by molar-refractivity contribution is 8.00. The van der Waals surface area contributed by atoms with Gasteiger partial charge in [-0.25, -0.2) is 0 Å². The van der Waals surface area contributed by atoms with Crippen LogP contribution in [0.3, 0.4) is 0 Å². The van der Waals surface area contributed by atoms with Crippen molar-refractivity contribution >= 4 is 23.4 Å². The van der Waals surface area contributed by atoms with Crippen LogP contribution < -0.4 is 9.64 Å². The normalized spacial score (nSPS) is 17.3. The number of benzene rings is 2. The molecular formula is C20H23NO2S. The van der Waals surface area contributed by atoms with E-state index in [2.05, 4.69) is 13.0 Å². The molecule has 4 heteroatoms. The third kappa shape index (κ3) is 3.75. The van der Waals surface area contributed by atoms with Crippen LogP contribution in [0.25, 0.3) is 0 Å². The van der Waals surface area contributed by atoms with Crippen LogP contribution in [0.15, 0.2) is 53.4 Å². The van der Waals surface area contributed by atoms with Crippen molar-refractivity contribution in [1.82, 2.24) is 0 Å². The van der Waals surface area contributed by atoms with Crippen molar-refractivity contribution < 1.29 is 9.53 Å². The minimum Gasteiger partial charge on any atom is -0.491 e. The van der Waals surface area contributed by atoms with Gasteiger partial charge in [-0.3, -0.25) is 4.79 Å². The maximum Gasteiger partial charge on any atom is 0.258 e. The molecule has 126 valence electrons. The second-order valence-corrected chi connectivity index (χ2v) is 7.81. The summed E-state index contributed by atoms with van der Waals surface area (Å²) in [5, 5.41) is 0.505. The van der Waals surface area contributed by atoms with Crippen molar-refractivity contribution in [2.75, 3.05) is 11.4 Å². The SMILES string of the molecule is CC(C)Oc1ccc(C(=O)N2CC[C@@H](C)Sc3ccccc32)cc1. The average molecular weight is 341 g/mol. The van der Waals surface area contributed by atoms with Gasteiger partial charge in [0.2, 0.25) is 0 Å². The number of para-hydroxylation sites is 1. The lowest BCUT2D eigenvalue weighted by atomic mass is 10.1. The number of carbonyl (C=O) groups excluding carboxylic acids is 1. The van der Waals surface area contributed by atoms with Crippen LogP contribution in [0, 0.1) is 0 Å². The summed E-state index contributed by atoms with van der Waals surface area (Å²) in [4.78, 5) is 16.1. The maximum absolute atomic E-state index is 13.0. The van der Waals surface area contributed by atoms with Crippen LogP contribution in [0.5, 0.6) is 5.75 Å². The van der Waals surface area contributed by atoms with Gasteiger partial charge in [-0.1, -0.05) is 19.1 Å². The fourth-order valence-corrected chi connectivity index (χ4v) is 3.91. The third-order valence-corrected chi connectivity index (χ3v) is 5.20. The Bertz CT molecular complexity index is 712. The van der Waals surface area contributed by atoms with E-state index in [1.165, 1.54) is 4.90 Å². The molecule has 1 atom stereocenters. The van der Waals surface area contributed by atoms with Gasteiger partial charge in [0, 0.05) is 22.3 Å². The first-order valence-electron chi connectivity index (χ1n) is 8.39. The molecule has 3 nitrogen and oxygen atoms in total. The molecule has 1 heterocycles. The number of anilines is 1. The predicted molar refractivity (Wildman–Crippen MR) is 100 cm³/mol. The van der Waals surface area contributed by atoms with E-state index in [1.54, 1.807) is 0 Å². The van der Waals surface area contributed by atoms with E-state index in [1.807, 2.05) is 73.0 Å². The Morgan fingerprint density at radius 3 is 2.58 bits per heavy atom. The fourth-order valence-electron chi connectivity index (χ4n) is 2.80. The van der Waals surface area contributed by atoms with Gasteiger partial charge in [0.15, 0.2) is 0 Å². The molecule has 3 rings (SSSR count). The third-order valence-electron chi connectivity index (χ3n) is 3.96. The van der Waals surface area contributed by atoms with Gasteiger partial charge in [0.25, 0.3) is 5.91 Å². The van der Waals surface area contributed by atoms with E-state index < -0.39 is 0 Å². The van der Waals surface area contributed by atoms with Gasteiger partial charge in [-0.15, -0.1) is 11.8 Å². The van der Waals surface area contributed by atoms with Gasteiger partial charge in [0.05, 0.1) is 11.8 Å². The molecule has 1 aliphatic heterocycles. The quantitative estimate of drug-likeness (QED) is 0.786. The number of hydrogen-bond acceptors (Lipinski definition) is 3. The van der Waals surface area contributed by atoms with Gasteiger partial charge in [-0.2, -0.15) is 0 Å². The molecule has 0 unspecified atom stereocenters. The van der Waals surface area contributed by atoms with Gasteiger partial charge in [-0.05, 0) is 56.7 Å². The summed E-state index contributed by atoms with van der Waals surface area (Å²) in [5.41, 5.74) is 1.71. The number of nitrogens with zero attached hydrogens (tertiary/aromatic N) is 1. The second kappa shape index (κ2) is 7.31. The lowest BCUT2D eigenvalue weighted by molar-refractivity contribution is 0.0986. The van der Waals surface area contributed by atoms with E-state index in [4.69, 9.17) is 4.74 Å². The first-order chi connectivity index (χ1) is 11.5. The molecule has 2 aromatic carbocycles. The highest BCUT2D eigenvalue weighted by atomic mass is 32.2. The average Bonchev–Trinajstić information content (AvgIpc) is 2.72. The molecule has 2 aromatic rings. The number of fused-ring (bicyclic) bond motifs is 1. The monoisotopic (exact) mass is 341 g/mol. The van der Waals surface area contributed by atoms with Crippen LogP contribution >= 0.6 is 11.8 Å². The van der Waals surface area contributed by atoms with Crippen molar-refractivity contribution in [3.05, 3.63) is 54.1 Å². The molecule has 1 amide bonds. The van der Waals surface area contributed by atoms with Crippen LogP contribution in [0.1, 0.15) is 37.6 Å². The Morgan fingerprint density at radius 1 is 1.17 bits per heavy atom. The van der Waals surface area contributed by atoms with E-state index in [9.17, 15) is 4.79 Å². The summed E-state index contributed by atoms with van der Waals surface area (Å²) in [6.45, 7) is 6.94. The van der Waals surface area contributed by atoms with Crippen LogP contribution in [-0.4, -0.2) is 23.8 Å². The number of hydrogen-bond donors (Lipinski definition) is 0. The molecule has 0 saturated carbocycles. The Labute approximate surface area is 148 Å². The molecule has 0 bridgehead atoms. The van der Waals surface area contributed by atoms with Crippen molar-refractivity contribution in [3.8, 4) is 5.75 Å². The number of ether oxygens (including phenoxy) is 1. The number of rotatable bonds is 3. The highest BCUT2D eigenvalue weighted by Crippen LogP contribution is 2.37. The lowest BCUT2D eigenvalue weighted by Gasteiger charge is -2.22. The van der Waals surface area contributed by atoms with Gasteiger partial charge in [0.1, 0.15) is 5.75 Å². The summed E-state index contributed by atoms with van der Waals surface area (Å²) in [6.07, 6.45) is 1.11.